The highest BCUT2D eigenvalue weighted by Gasteiger charge is 2.39. The summed E-state index contributed by atoms with van der Waals surface area (Å²) in [6.45, 7) is 10.7. The van der Waals surface area contributed by atoms with E-state index in [0.717, 1.165) is 40.2 Å². The summed E-state index contributed by atoms with van der Waals surface area (Å²) < 4.78 is 10.7. The molecule has 2 N–H and O–H groups in total. The van der Waals surface area contributed by atoms with Gasteiger partial charge in [0.2, 0.25) is 0 Å². The first-order valence-electron chi connectivity index (χ1n) is 14.3. The number of carbonyl (C=O) groups excluding carboxylic acids is 2. The van der Waals surface area contributed by atoms with Crippen LogP contribution in [-0.4, -0.2) is 42.7 Å². The molecule has 0 aliphatic heterocycles. The molecular formula is C34H41NO6S. The molecule has 1 unspecified atom stereocenters. The van der Waals surface area contributed by atoms with Gasteiger partial charge in [-0.1, -0.05) is 82.3 Å². The number of ether oxygens (including phenoxy) is 2. The average Bonchev–Trinajstić information content (AvgIpc) is 3.26. The molecule has 224 valence electrons. The summed E-state index contributed by atoms with van der Waals surface area (Å²) >= 11 is 1.15. The maximum Gasteiger partial charge on any atom is 0.349 e. The molecule has 1 amide bonds. The normalized spacial score (nSPS) is 16.8. The van der Waals surface area contributed by atoms with E-state index in [9.17, 15) is 19.5 Å². The smallest absolute Gasteiger partial charge is 0.349 e. The van der Waals surface area contributed by atoms with Crippen LogP contribution in [0.3, 0.4) is 0 Å². The third kappa shape index (κ3) is 7.59. The van der Waals surface area contributed by atoms with Crippen LogP contribution in [0.2, 0.25) is 0 Å². The highest BCUT2D eigenvalue weighted by atomic mass is 32.1. The van der Waals surface area contributed by atoms with E-state index in [1.165, 1.54) is 19.1 Å². The maximum absolute atomic E-state index is 12.8. The lowest BCUT2D eigenvalue weighted by molar-refractivity contribution is -0.145. The van der Waals surface area contributed by atoms with E-state index < -0.39 is 30.5 Å². The lowest BCUT2D eigenvalue weighted by Crippen LogP contribution is -2.45. The first kappa shape index (κ1) is 31.3. The van der Waals surface area contributed by atoms with Crippen LogP contribution in [0.15, 0.2) is 54.6 Å². The van der Waals surface area contributed by atoms with Crippen LogP contribution in [-0.2, 0) is 20.7 Å². The van der Waals surface area contributed by atoms with E-state index in [-0.39, 0.29) is 27.9 Å². The van der Waals surface area contributed by atoms with Crippen molar-refractivity contribution in [3.05, 3.63) is 76.2 Å². The Kier molecular flexibility index (Phi) is 9.46. The number of hydrogen-bond acceptors (Lipinski definition) is 6. The Morgan fingerprint density at radius 3 is 2.31 bits per heavy atom. The molecular weight excluding hydrogens is 550 g/mol. The number of carbonyl (C=O) groups is 3. The van der Waals surface area contributed by atoms with Crippen LogP contribution in [0.1, 0.15) is 79.2 Å². The molecule has 3 aromatic rings. The second-order valence-corrected chi connectivity index (χ2v) is 13.9. The van der Waals surface area contributed by atoms with Crippen molar-refractivity contribution in [1.29, 1.82) is 0 Å². The monoisotopic (exact) mass is 591 g/mol. The molecule has 0 saturated heterocycles. The van der Waals surface area contributed by atoms with Crippen LogP contribution in [0, 0.1) is 17.8 Å². The van der Waals surface area contributed by atoms with Gasteiger partial charge in [0.05, 0.1) is 7.11 Å². The van der Waals surface area contributed by atoms with Crippen LogP contribution in [0.25, 0.3) is 10.4 Å². The molecule has 1 atom stereocenters. The highest BCUT2D eigenvalue weighted by Crippen LogP contribution is 2.52. The molecule has 0 radical (unpaired) electrons. The number of carboxylic acid groups (broad SMARTS) is 1. The summed E-state index contributed by atoms with van der Waals surface area (Å²) in [5.74, 6) is -1.65. The minimum Gasteiger partial charge on any atom is -0.482 e. The second kappa shape index (κ2) is 12.7. The van der Waals surface area contributed by atoms with Gasteiger partial charge in [0.15, 0.2) is 11.5 Å². The van der Waals surface area contributed by atoms with Gasteiger partial charge in [-0.3, -0.25) is 4.79 Å². The molecule has 8 heteroatoms. The van der Waals surface area contributed by atoms with Gasteiger partial charge >= 0.3 is 11.9 Å². The van der Waals surface area contributed by atoms with Crippen molar-refractivity contribution in [2.75, 3.05) is 13.7 Å². The van der Waals surface area contributed by atoms with E-state index in [4.69, 9.17) is 9.47 Å². The quantitative estimate of drug-likeness (QED) is 0.246. The van der Waals surface area contributed by atoms with Crippen molar-refractivity contribution < 1.29 is 29.0 Å². The summed E-state index contributed by atoms with van der Waals surface area (Å²) in [5.41, 5.74) is 4.21. The van der Waals surface area contributed by atoms with Gasteiger partial charge in [-0.15, -0.1) is 11.3 Å². The Labute approximate surface area is 252 Å². The molecule has 42 heavy (non-hydrogen) atoms. The van der Waals surface area contributed by atoms with Crippen LogP contribution in [0.5, 0.6) is 5.75 Å². The number of aromatic carboxylic acids is 1. The number of thiophene rings is 1. The number of rotatable bonds is 10. The third-order valence-electron chi connectivity index (χ3n) is 7.91. The third-order valence-corrected chi connectivity index (χ3v) is 9.22. The molecule has 7 nitrogen and oxygen atoms in total. The number of methoxy groups -OCH3 is 1. The summed E-state index contributed by atoms with van der Waals surface area (Å²) in [5, 5.41) is 12.6. The van der Waals surface area contributed by atoms with Crippen molar-refractivity contribution >= 4 is 29.2 Å². The molecule has 1 aliphatic rings. The van der Waals surface area contributed by atoms with Crippen molar-refractivity contribution in [3.63, 3.8) is 0 Å². The topological polar surface area (TPSA) is 102 Å². The maximum atomic E-state index is 12.8. The van der Waals surface area contributed by atoms with Crippen LogP contribution in [0.4, 0.5) is 0 Å². The predicted octanol–water partition coefficient (Wildman–Crippen LogP) is 7.02. The first-order chi connectivity index (χ1) is 19.8. The molecule has 1 heterocycles. The van der Waals surface area contributed by atoms with Crippen molar-refractivity contribution in [2.24, 2.45) is 10.8 Å². The number of amides is 1. The average molecular weight is 592 g/mol. The Morgan fingerprint density at radius 1 is 1.02 bits per heavy atom. The minimum atomic E-state index is -1.12. The molecule has 1 fully saturated rings. The Bertz CT molecular complexity index is 1430. The van der Waals surface area contributed by atoms with Crippen molar-refractivity contribution in [1.82, 2.24) is 5.32 Å². The number of benzene rings is 2. The molecule has 1 aromatic heterocycles. The van der Waals surface area contributed by atoms with Gasteiger partial charge in [-0.25, -0.2) is 9.59 Å². The van der Waals surface area contributed by atoms with E-state index in [1.54, 1.807) is 0 Å². The fourth-order valence-corrected chi connectivity index (χ4v) is 7.75. The van der Waals surface area contributed by atoms with Gasteiger partial charge in [-0.2, -0.15) is 0 Å². The van der Waals surface area contributed by atoms with E-state index in [1.807, 2.05) is 49.4 Å². The fourth-order valence-electron chi connectivity index (χ4n) is 6.66. The number of carboxylic acids is 1. The molecule has 4 rings (SSSR count). The Hall–Kier alpha value is -3.65. The van der Waals surface area contributed by atoms with Crippen molar-refractivity contribution in [2.45, 2.75) is 72.3 Å². The number of nitrogens with one attached hydrogen (secondary N) is 1. The molecule has 1 aliphatic carbocycles. The lowest BCUT2D eigenvalue weighted by atomic mass is 9.60. The summed E-state index contributed by atoms with van der Waals surface area (Å²) in [6.07, 6.45) is 3.64. The van der Waals surface area contributed by atoms with E-state index in [0.29, 0.717) is 11.5 Å². The SMILES string of the molecule is COC(=O)C(Cc1ccccc1)NC(=O)COc1c(C(=O)O)sc(-c2cccc(C3CC(C)(C)CC(C)(C)C3)c2)c1C. The summed E-state index contributed by atoms with van der Waals surface area (Å²) in [6, 6.07) is 16.8. The number of hydrogen-bond donors (Lipinski definition) is 2. The lowest BCUT2D eigenvalue weighted by Gasteiger charge is -2.45. The van der Waals surface area contributed by atoms with Gasteiger partial charge in [0.25, 0.3) is 5.91 Å². The van der Waals surface area contributed by atoms with Gasteiger partial charge < -0.3 is 19.9 Å². The fraction of sp³-hybridized carbons (Fsp3) is 0.441. The molecule has 2 aromatic carbocycles. The second-order valence-electron chi connectivity index (χ2n) is 12.9. The minimum absolute atomic E-state index is 0.0365. The number of esters is 1. The zero-order valence-electron chi connectivity index (χ0n) is 25.3. The Morgan fingerprint density at radius 2 is 1.69 bits per heavy atom. The molecule has 0 bridgehead atoms. The van der Waals surface area contributed by atoms with Gasteiger partial charge in [0, 0.05) is 16.9 Å². The zero-order valence-corrected chi connectivity index (χ0v) is 26.1. The first-order valence-corrected chi connectivity index (χ1v) is 15.1. The van der Waals surface area contributed by atoms with Crippen LogP contribution >= 0.6 is 11.3 Å². The molecule has 0 spiro atoms. The van der Waals surface area contributed by atoms with Gasteiger partial charge in [0.1, 0.15) is 11.8 Å². The van der Waals surface area contributed by atoms with Crippen LogP contribution < -0.4 is 10.1 Å². The van der Waals surface area contributed by atoms with Crippen molar-refractivity contribution in [3.8, 4) is 16.2 Å². The Balaban J connectivity index is 1.53. The van der Waals surface area contributed by atoms with Gasteiger partial charge in [-0.05, 0) is 59.6 Å². The molecule has 1 saturated carbocycles. The van der Waals surface area contributed by atoms with E-state index in [2.05, 4.69) is 45.1 Å². The largest absolute Gasteiger partial charge is 0.482 e. The summed E-state index contributed by atoms with van der Waals surface area (Å²) in [7, 11) is 1.27. The zero-order chi connectivity index (χ0) is 30.7. The highest BCUT2D eigenvalue weighted by molar-refractivity contribution is 7.18. The standard InChI is InChI=1S/C34H41NO6S/c1-21-28(41-19-27(36)35-26(32(39)40-6)15-22-11-8-7-9-12-22)30(31(37)38)42-29(21)24-14-10-13-23(16-24)25-17-33(2,3)20-34(4,5)18-25/h7-14,16,25-26H,15,17-20H2,1-6H3,(H,35,36)(H,37,38). The van der Waals surface area contributed by atoms with E-state index >= 15 is 0 Å². The predicted molar refractivity (Wildman–Crippen MR) is 165 cm³/mol. The summed E-state index contributed by atoms with van der Waals surface area (Å²) in [4.78, 5) is 38.2.